The largest absolute Gasteiger partial charge is 0.481 e. The number of nitrogens with zero attached hydrogens (tertiary/aromatic N) is 1. The maximum Gasteiger partial charge on any atom is 0.481 e. The summed E-state index contributed by atoms with van der Waals surface area (Å²) in [5, 5.41) is 3.16. The summed E-state index contributed by atoms with van der Waals surface area (Å²) in [6.07, 6.45) is 8.13. The molecule has 3 saturated carbocycles. The fraction of sp³-hybridized carbons (Fsp3) is 0.615. The lowest BCUT2D eigenvalue weighted by Crippen LogP contribution is -2.65. The van der Waals surface area contributed by atoms with Crippen LogP contribution in [0.25, 0.3) is 0 Å². The number of nitrogens with one attached hydrogen (secondary N) is 1. The van der Waals surface area contributed by atoms with Crippen molar-refractivity contribution in [1.82, 2.24) is 10.3 Å². The van der Waals surface area contributed by atoms with Crippen LogP contribution in [0.2, 0.25) is 0 Å². The highest BCUT2D eigenvalue weighted by molar-refractivity contribution is 6.47. The van der Waals surface area contributed by atoms with Crippen molar-refractivity contribution < 1.29 is 18.5 Å². The summed E-state index contributed by atoms with van der Waals surface area (Å²) < 4.78 is 18.5. The number of carbonyl (C=O) groups excluding carboxylic acids is 1. The van der Waals surface area contributed by atoms with Gasteiger partial charge in [-0.2, -0.15) is 0 Å². The van der Waals surface area contributed by atoms with E-state index in [-0.39, 0.29) is 29.0 Å². The van der Waals surface area contributed by atoms with Crippen LogP contribution in [0.3, 0.4) is 0 Å². The molecule has 0 spiro atoms. The molecule has 1 unspecified atom stereocenters. The Morgan fingerprint density at radius 1 is 1.26 bits per heavy atom. The molecule has 6 rings (SSSR count). The zero-order valence-electron chi connectivity index (χ0n) is 20.4. The number of carbonyl (C=O) groups is 1. The van der Waals surface area contributed by atoms with Gasteiger partial charge in [-0.05, 0) is 61.8 Å². The van der Waals surface area contributed by atoms with Crippen LogP contribution in [0, 0.1) is 17.3 Å². The van der Waals surface area contributed by atoms with Crippen LogP contribution >= 0.6 is 0 Å². The van der Waals surface area contributed by atoms with Crippen LogP contribution < -0.4 is 11.1 Å². The Kier molecular flexibility index (Phi) is 6.33. The van der Waals surface area contributed by atoms with Gasteiger partial charge in [-0.3, -0.25) is 4.79 Å². The van der Waals surface area contributed by atoms with E-state index in [1.807, 2.05) is 6.07 Å². The van der Waals surface area contributed by atoms with Crippen molar-refractivity contribution in [3.05, 3.63) is 54.2 Å². The maximum absolute atomic E-state index is 13.0. The van der Waals surface area contributed by atoms with Gasteiger partial charge < -0.3 is 24.8 Å². The van der Waals surface area contributed by atoms with Gasteiger partial charge in [-0.1, -0.05) is 44.2 Å². The number of hydrogen-bond acceptors (Lipinski definition) is 6. The molecule has 182 valence electrons. The predicted molar refractivity (Wildman–Crippen MR) is 130 cm³/mol. The summed E-state index contributed by atoms with van der Waals surface area (Å²) in [5.41, 5.74) is 7.44. The Labute approximate surface area is 202 Å². The van der Waals surface area contributed by atoms with E-state index in [4.69, 9.17) is 19.5 Å². The molecular weight excluding hydrogens is 429 g/mol. The Balaban J connectivity index is 1.27. The van der Waals surface area contributed by atoms with Crippen LogP contribution in [0.1, 0.15) is 57.8 Å². The maximum atomic E-state index is 13.0. The lowest BCUT2D eigenvalue weighted by Gasteiger charge is -2.64. The quantitative estimate of drug-likeness (QED) is 0.552. The van der Waals surface area contributed by atoms with E-state index in [9.17, 15) is 4.79 Å². The van der Waals surface area contributed by atoms with Gasteiger partial charge in [0.2, 0.25) is 5.91 Å². The Bertz CT molecular complexity index is 985. The van der Waals surface area contributed by atoms with Gasteiger partial charge in [0.25, 0.3) is 0 Å². The average molecular weight is 465 g/mol. The van der Waals surface area contributed by atoms with Gasteiger partial charge in [0.05, 0.1) is 29.9 Å². The van der Waals surface area contributed by atoms with Crippen LogP contribution in [-0.2, 0) is 26.9 Å². The third-order valence-corrected chi connectivity index (χ3v) is 8.69. The number of aryl methyl sites for hydroxylation is 1. The first kappa shape index (κ1) is 23.6. The fourth-order valence-corrected chi connectivity index (χ4v) is 6.46. The molecule has 1 amide bonds. The third-order valence-electron chi connectivity index (χ3n) is 8.69. The highest BCUT2D eigenvalue weighted by Gasteiger charge is 2.68. The number of aromatic nitrogens is 1. The minimum Gasteiger partial charge on any atom is -0.448 e. The molecule has 1 aliphatic heterocycles. The van der Waals surface area contributed by atoms with Crippen molar-refractivity contribution in [3.63, 3.8) is 0 Å². The monoisotopic (exact) mass is 465 g/mol. The molecule has 8 heteroatoms. The van der Waals surface area contributed by atoms with Crippen LogP contribution in [-0.4, -0.2) is 41.7 Å². The molecule has 2 bridgehead atoms. The highest BCUT2D eigenvalue weighted by atomic mass is 16.7. The Morgan fingerprint density at radius 2 is 2.06 bits per heavy atom. The number of benzene rings is 1. The number of rotatable bonds is 9. The van der Waals surface area contributed by atoms with Crippen molar-refractivity contribution >= 4 is 13.0 Å². The van der Waals surface area contributed by atoms with Crippen molar-refractivity contribution in [1.29, 1.82) is 0 Å². The molecule has 1 saturated heterocycles. The van der Waals surface area contributed by atoms with Crippen molar-refractivity contribution in [2.24, 2.45) is 23.0 Å². The van der Waals surface area contributed by atoms with Gasteiger partial charge in [-0.25, -0.2) is 4.98 Å². The second-order valence-electron chi connectivity index (χ2n) is 11.1. The van der Waals surface area contributed by atoms with Crippen LogP contribution in [0.5, 0.6) is 0 Å². The molecule has 4 fully saturated rings. The zero-order valence-corrected chi connectivity index (χ0v) is 20.4. The predicted octanol–water partition coefficient (Wildman–Crippen LogP) is 3.32. The number of hydrogen-bond donors (Lipinski definition) is 2. The van der Waals surface area contributed by atoms with E-state index >= 15 is 0 Å². The SMILES string of the molecule is CC1(C)[C@@H]2C[C@H]3OB([C@H](CCCc4ccccc4)NC(=O)C(N)Cc4cnco4)O[C@@]3(C)[C@H]1C2. The molecule has 34 heavy (non-hydrogen) atoms. The normalized spacial score (nSPS) is 30.8. The van der Waals surface area contributed by atoms with Crippen molar-refractivity contribution in [3.8, 4) is 0 Å². The molecule has 1 aromatic heterocycles. The van der Waals surface area contributed by atoms with Gasteiger partial charge in [0.1, 0.15) is 5.76 Å². The van der Waals surface area contributed by atoms with E-state index in [1.54, 1.807) is 6.20 Å². The molecule has 3 aliphatic carbocycles. The Morgan fingerprint density at radius 3 is 2.76 bits per heavy atom. The number of amides is 1. The summed E-state index contributed by atoms with van der Waals surface area (Å²) >= 11 is 0. The van der Waals surface area contributed by atoms with E-state index in [2.05, 4.69) is 55.3 Å². The molecule has 7 nitrogen and oxygen atoms in total. The lowest BCUT2D eigenvalue weighted by atomic mass is 9.43. The van der Waals surface area contributed by atoms with E-state index < -0.39 is 13.2 Å². The van der Waals surface area contributed by atoms with Crippen LogP contribution in [0.15, 0.2) is 47.3 Å². The lowest BCUT2D eigenvalue weighted by molar-refractivity contribution is -0.199. The summed E-state index contributed by atoms with van der Waals surface area (Å²) in [5.74, 6) is 1.26. The topological polar surface area (TPSA) is 99.6 Å². The number of oxazole rings is 1. The number of nitrogens with two attached hydrogens (primary N) is 1. The fourth-order valence-electron chi connectivity index (χ4n) is 6.46. The van der Waals surface area contributed by atoms with E-state index in [0.29, 0.717) is 24.0 Å². The van der Waals surface area contributed by atoms with Gasteiger partial charge in [0, 0.05) is 6.42 Å². The second kappa shape index (κ2) is 9.13. The Hall–Kier alpha value is -2.16. The van der Waals surface area contributed by atoms with Crippen LogP contribution in [0.4, 0.5) is 0 Å². The first-order chi connectivity index (χ1) is 16.3. The van der Waals surface area contributed by atoms with E-state index in [0.717, 1.165) is 25.7 Å². The van der Waals surface area contributed by atoms with Gasteiger partial charge in [-0.15, -0.1) is 0 Å². The molecule has 6 atom stereocenters. The molecule has 1 aromatic carbocycles. The molecule has 2 heterocycles. The smallest absolute Gasteiger partial charge is 0.448 e. The highest BCUT2D eigenvalue weighted by Crippen LogP contribution is 2.65. The molecule has 2 aromatic rings. The molecule has 3 N–H and O–H groups in total. The molecular formula is C26H36BN3O4. The molecule has 0 radical (unpaired) electrons. The average Bonchev–Trinajstić information content (AvgIpc) is 3.45. The zero-order chi connectivity index (χ0) is 23.9. The van der Waals surface area contributed by atoms with Gasteiger partial charge >= 0.3 is 7.12 Å². The third kappa shape index (κ3) is 4.32. The van der Waals surface area contributed by atoms with Crippen molar-refractivity contribution in [2.75, 3.05) is 0 Å². The summed E-state index contributed by atoms with van der Waals surface area (Å²) in [7, 11) is -0.470. The summed E-state index contributed by atoms with van der Waals surface area (Å²) in [6.45, 7) is 6.91. The van der Waals surface area contributed by atoms with Crippen molar-refractivity contribution in [2.45, 2.75) is 83.0 Å². The standard InChI is InChI=1S/C26H36BN3O4/c1-25(2)18-12-21(25)26(3)22(13-18)33-27(34-26)23(11-7-10-17-8-5-4-6-9-17)30-24(31)20(28)14-19-15-29-16-32-19/h4-6,8-9,15-16,18,20-23H,7,10-14,28H2,1-3H3,(H,30,31)/t18-,20?,21-,22+,23-,26-/m0/s1. The minimum atomic E-state index is -0.726. The van der Waals surface area contributed by atoms with E-state index in [1.165, 1.54) is 18.4 Å². The summed E-state index contributed by atoms with van der Waals surface area (Å²) in [6, 6.07) is 9.68. The molecule has 4 aliphatic rings. The second-order valence-corrected chi connectivity index (χ2v) is 11.1. The van der Waals surface area contributed by atoms with Gasteiger partial charge in [0.15, 0.2) is 6.39 Å². The minimum absolute atomic E-state index is 0.0747. The first-order valence-corrected chi connectivity index (χ1v) is 12.6. The first-order valence-electron chi connectivity index (χ1n) is 12.6. The summed E-state index contributed by atoms with van der Waals surface area (Å²) in [4.78, 5) is 16.9.